The molecule has 0 unspecified atom stereocenters. The molecular weight excluding hydrogens is 158 g/mol. The van der Waals surface area contributed by atoms with Gasteiger partial charge in [-0.25, -0.2) is 0 Å². The molecule has 1 aromatic rings. The van der Waals surface area contributed by atoms with Crippen molar-refractivity contribution in [1.82, 2.24) is 0 Å². The van der Waals surface area contributed by atoms with Crippen molar-refractivity contribution in [2.24, 2.45) is 0 Å². The summed E-state index contributed by atoms with van der Waals surface area (Å²) in [4.78, 5) is 10.8. The number of nitrogens with two attached hydrogens (primary N) is 1. The summed E-state index contributed by atoms with van der Waals surface area (Å²) in [6, 6.07) is 5.21. The predicted molar refractivity (Wildman–Crippen MR) is 48.9 cm³/mol. The zero-order valence-corrected chi connectivity index (χ0v) is 7.06. The first kappa shape index (κ1) is 8.14. The topological polar surface area (TPSA) is 43.1 Å². The fourth-order valence-corrected chi connectivity index (χ4v) is 1.13. The lowest BCUT2D eigenvalue weighted by Crippen LogP contribution is -1.97. The molecule has 0 spiro atoms. The standard InChI is InChI=1S/C8H9NOS/c1-5-6(8(10)11)3-2-4-7(5)9/h2-4H,9H2,1H3,(H,10,11). The molecular formula is C8H9NOS. The lowest BCUT2D eigenvalue weighted by molar-refractivity contribution is 0.109. The Labute approximate surface area is 70.8 Å². The lowest BCUT2D eigenvalue weighted by atomic mass is 10.1. The summed E-state index contributed by atoms with van der Waals surface area (Å²) in [7, 11) is 0. The Morgan fingerprint density at radius 2 is 2.18 bits per heavy atom. The first-order valence-electron chi connectivity index (χ1n) is 3.21. The zero-order chi connectivity index (χ0) is 8.43. The van der Waals surface area contributed by atoms with E-state index in [0.29, 0.717) is 11.3 Å². The number of hydrogen-bond donors (Lipinski definition) is 2. The van der Waals surface area contributed by atoms with E-state index >= 15 is 0 Å². The number of nitrogen functional groups attached to an aromatic ring is 1. The van der Waals surface area contributed by atoms with Gasteiger partial charge in [0.05, 0.1) is 0 Å². The van der Waals surface area contributed by atoms with Gasteiger partial charge in [0, 0.05) is 11.3 Å². The van der Waals surface area contributed by atoms with Gasteiger partial charge in [-0.2, -0.15) is 0 Å². The molecule has 3 heteroatoms. The van der Waals surface area contributed by atoms with Gasteiger partial charge in [0.2, 0.25) is 5.12 Å². The fourth-order valence-electron chi connectivity index (χ4n) is 0.885. The minimum absolute atomic E-state index is 0.241. The molecule has 1 rings (SSSR count). The number of thiol groups is 1. The summed E-state index contributed by atoms with van der Waals surface area (Å²) in [5, 5.41) is -0.241. The monoisotopic (exact) mass is 167 g/mol. The Kier molecular flexibility index (Phi) is 2.19. The number of anilines is 1. The van der Waals surface area contributed by atoms with E-state index in [1.54, 1.807) is 25.1 Å². The zero-order valence-electron chi connectivity index (χ0n) is 6.16. The van der Waals surface area contributed by atoms with Crippen LogP contribution in [0, 0.1) is 6.92 Å². The molecule has 0 aliphatic heterocycles. The van der Waals surface area contributed by atoms with E-state index in [1.807, 2.05) is 0 Å². The van der Waals surface area contributed by atoms with Crippen LogP contribution in [0.4, 0.5) is 5.69 Å². The van der Waals surface area contributed by atoms with Crippen LogP contribution >= 0.6 is 12.6 Å². The highest BCUT2D eigenvalue weighted by atomic mass is 32.1. The van der Waals surface area contributed by atoms with Crippen molar-refractivity contribution in [1.29, 1.82) is 0 Å². The van der Waals surface area contributed by atoms with Gasteiger partial charge in [-0.15, -0.1) is 12.6 Å². The summed E-state index contributed by atoms with van der Waals surface area (Å²) in [6.07, 6.45) is 0. The number of carbonyl (C=O) groups is 1. The Hall–Kier alpha value is -0.960. The smallest absolute Gasteiger partial charge is 0.216 e. The van der Waals surface area contributed by atoms with Crippen molar-refractivity contribution in [3.05, 3.63) is 29.3 Å². The van der Waals surface area contributed by atoms with Gasteiger partial charge < -0.3 is 5.73 Å². The van der Waals surface area contributed by atoms with Crippen molar-refractivity contribution < 1.29 is 4.79 Å². The van der Waals surface area contributed by atoms with Crippen LogP contribution < -0.4 is 5.73 Å². The minimum Gasteiger partial charge on any atom is -0.398 e. The maximum absolute atomic E-state index is 10.8. The summed E-state index contributed by atoms with van der Waals surface area (Å²) in [5.41, 5.74) is 7.58. The fraction of sp³-hybridized carbons (Fsp3) is 0.125. The van der Waals surface area contributed by atoms with Crippen LogP contribution in [-0.2, 0) is 0 Å². The first-order valence-corrected chi connectivity index (χ1v) is 3.66. The van der Waals surface area contributed by atoms with Crippen LogP contribution in [0.3, 0.4) is 0 Å². The molecule has 1 aromatic carbocycles. The molecule has 58 valence electrons. The van der Waals surface area contributed by atoms with Gasteiger partial charge in [-0.05, 0) is 18.6 Å². The molecule has 0 aromatic heterocycles. The van der Waals surface area contributed by atoms with Crippen LogP contribution in [0.25, 0.3) is 0 Å². The Morgan fingerprint density at radius 3 is 2.64 bits per heavy atom. The van der Waals surface area contributed by atoms with Gasteiger partial charge in [0.15, 0.2) is 0 Å². The van der Waals surface area contributed by atoms with Crippen molar-refractivity contribution >= 4 is 23.4 Å². The molecule has 2 N–H and O–H groups in total. The third kappa shape index (κ3) is 1.54. The molecule has 2 nitrogen and oxygen atoms in total. The van der Waals surface area contributed by atoms with E-state index < -0.39 is 0 Å². The minimum atomic E-state index is -0.241. The predicted octanol–water partition coefficient (Wildman–Crippen LogP) is 1.65. The van der Waals surface area contributed by atoms with E-state index in [0.717, 1.165) is 5.56 Å². The highest BCUT2D eigenvalue weighted by molar-refractivity contribution is 7.97. The van der Waals surface area contributed by atoms with Crippen molar-refractivity contribution in [3.8, 4) is 0 Å². The van der Waals surface area contributed by atoms with Crippen LogP contribution in [-0.4, -0.2) is 5.12 Å². The molecule has 0 amide bonds. The molecule has 0 saturated carbocycles. The van der Waals surface area contributed by atoms with Crippen molar-refractivity contribution in [2.75, 3.05) is 5.73 Å². The first-order chi connectivity index (χ1) is 5.13. The van der Waals surface area contributed by atoms with Crippen LogP contribution in [0.2, 0.25) is 0 Å². The third-order valence-corrected chi connectivity index (χ3v) is 1.85. The number of rotatable bonds is 1. The second-order valence-electron chi connectivity index (χ2n) is 2.32. The quantitative estimate of drug-likeness (QED) is 0.493. The van der Waals surface area contributed by atoms with Crippen LogP contribution in [0.1, 0.15) is 15.9 Å². The Morgan fingerprint density at radius 1 is 1.55 bits per heavy atom. The van der Waals surface area contributed by atoms with E-state index in [4.69, 9.17) is 5.73 Å². The summed E-state index contributed by atoms with van der Waals surface area (Å²) >= 11 is 3.71. The molecule has 0 saturated heterocycles. The number of hydrogen-bond acceptors (Lipinski definition) is 2. The number of carbonyl (C=O) groups excluding carboxylic acids is 1. The molecule has 0 atom stereocenters. The molecule has 11 heavy (non-hydrogen) atoms. The second kappa shape index (κ2) is 2.96. The van der Waals surface area contributed by atoms with Gasteiger partial charge in [0.1, 0.15) is 0 Å². The van der Waals surface area contributed by atoms with E-state index in [1.165, 1.54) is 0 Å². The molecule has 0 radical (unpaired) electrons. The average molecular weight is 167 g/mol. The second-order valence-corrected chi connectivity index (χ2v) is 2.73. The molecule has 0 heterocycles. The summed E-state index contributed by atoms with van der Waals surface area (Å²) in [6.45, 7) is 1.80. The van der Waals surface area contributed by atoms with Crippen molar-refractivity contribution in [2.45, 2.75) is 6.92 Å². The molecule has 0 bridgehead atoms. The lowest BCUT2D eigenvalue weighted by Gasteiger charge is -2.02. The molecule has 0 fully saturated rings. The maximum Gasteiger partial charge on any atom is 0.216 e. The van der Waals surface area contributed by atoms with Crippen molar-refractivity contribution in [3.63, 3.8) is 0 Å². The Bertz CT molecular complexity index is 296. The number of benzene rings is 1. The average Bonchev–Trinajstić information content (AvgIpc) is 1.94. The highest BCUT2D eigenvalue weighted by Gasteiger charge is 2.04. The van der Waals surface area contributed by atoms with Crippen LogP contribution in [0.5, 0.6) is 0 Å². The normalized spacial score (nSPS) is 9.64. The maximum atomic E-state index is 10.8. The van der Waals surface area contributed by atoms with E-state index in [2.05, 4.69) is 12.6 Å². The van der Waals surface area contributed by atoms with Gasteiger partial charge in [-0.1, -0.05) is 12.1 Å². The molecule has 0 aliphatic rings. The summed E-state index contributed by atoms with van der Waals surface area (Å²) in [5.74, 6) is 0. The van der Waals surface area contributed by atoms with Gasteiger partial charge in [0.25, 0.3) is 0 Å². The third-order valence-electron chi connectivity index (χ3n) is 1.61. The van der Waals surface area contributed by atoms with Gasteiger partial charge >= 0.3 is 0 Å². The highest BCUT2D eigenvalue weighted by Crippen LogP contribution is 2.16. The SMILES string of the molecule is Cc1c(N)cccc1C(=O)S. The largest absolute Gasteiger partial charge is 0.398 e. The van der Waals surface area contributed by atoms with E-state index in [-0.39, 0.29) is 5.12 Å². The van der Waals surface area contributed by atoms with Crippen LogP contribution in [0.15, 0.2) is 18.2 Å². The van der Waals surface area contributed by atoms with Gasteiger partial charge in [-0.3, -0.25) is 4.79 Å². The Balaban J connectivity index is 3.27. The van der Waals surface area contributed by atoms with E-state index in [9.17, 15) is 4.79 Å². The summed E-state index contributed by atoms with van der Waals surface area (Å²) < 4.78 is 0. The molecule has 0 aliphatic carbocycles.